The lowest BCUT2D eigenvalue weighted by atomic mass is 10.1. The number of hydrogen-bond acceptors (Lipinski definition) is 5. The summed E-state index contributed by atoms with van der Waals surface area (Å²) in [5.74, 6) is 0.980. The van der Waals surface area contributed by atoms with Crippen LogP contribution in [0.4, 0.5) is 5.82 Å². The molecule has 2 aromatic heterocycles. The average molecular weight is 304 g/mol. The average Bonchev–Trinajstić information content (AvgIpc) is 3.00. The first kappa shape index (κ1) is 13.4. The van der Waals surface area contributed by atoms with E-state index in [0.29, 0.717) is 11.3 Å². The summed E-state index contributed by atoms with van der Waals surface area (Å²) >= 11 is 0. The first-order chi connectivity index (χ1) is 11.3. The fourth-order valence-corrected chi connectivity index (χ4v) is 2.65. The monoisotopic (exact) mass is 304 g/mol. The number of nitroso groups, excluding NO2 is 1. The molecule has 0 aliphatic heterocycles. The Bertz CT molecular complexity index is 1020. The van der Waals surface area contributed by atoms with Gasteiger partial charge in [0.1, 0.15) is 23.4 Å². The standard InChI is InChI=1S/C17H12N4O2/c1-23-12-8-6-11(7-9-12)15-17(20-22)21-10-18-14-5-3-2-4-13(14)16(21)19-15/h2-10H,1H3. The Morgan fingerprint density at radius 1 is 1.09 bits per heavy atom. The molecule has 0 saturated carbocycles. The molecular weight excluding hydrogens is 292 g/mol. The maximum atomic E-state index is 11.4. The smallest absolute Gasteiger partial charge is 0.210 e. The Hall–Kier alpha value is -3.28. The van der Waals surface area contributed by atoms with Crippen molar-refractivity contribution in [2.45, 2.75) is 0 Å². The Labute approximate surface area is 131 Å². The van der Waals surface area contributed by atoms with Crippen LogP contribution in [-0.4, -0.2) is 21.5 Å². The molecule has 0 aliphatic carbocycles. The van der Waals surface area contributed by atoms with Crippen molar-refractivity contribution >= 4 is 22.4 Å². The largest absolute Gasteiger partial charge is 0.497 e. The molecule has 0 atom stereocenters. The Balaban J connectivity index is 2.02. The second-order valence-corrected chi connectivity index (χ2v) is 5.06. The van der Waals surface area contributed by atoms with Gasteiger partial charge in [-0.05, 0) is 41.6 Å². The van der Waals surface area contributed by atoms with Crippen LogP contribution in [0.25, 0.3) is 27.8 Å². The number of hydrogen-bond donors (Lipinski definition) is 0. The molecule has 0 bridgehead atoms. The molecule has 0 amide bonds. The number of benzene rings is 2. The maximum absolute atomic E-state index is 11.4. The molecule has 2 heterocycles. The van der Waals surface area contributed by atoms with Gasteiger partial charge in [-0.15, -0.1) is 4.91 Å². The van der Waals surface area contributed by atoms with E-state index in [1.165, 1.54) is 0 Å². The van der Waals surface area contributed by atoms with Gasteiger partial charge in [0.25, 0.3) is 0 Å². The highest BCUT2D eigenvalue weighted by Crippen LogP contribution is 2.33. The van der Waals surface area contributed by atoms with Crippen LogP contribution in [0.3, 0.4) is 0 Å². The maximum Gasteiger partial charge on any atom is 0.210 e. The van der Waals surface area contributed by atoms with Crippen LogP contribution in [0, 0.1) is 4.91 Å². The van der Waals surface area contributed by atoms with Crippen LogP contribution in [0.2, 0.25) is 0 Å². The lowest BCUT2D eigenvalue weighted by Crippen LogP contribution is -1.88. The molecule has 0 spiro atoms. The van der Waals surface area contributed by atoms with Crippen LogP contribution in [0.15, 0.2) is 60.0 Å². The quantitative estimate of drug-likeness (QED) is 0.537. The SMILES string of the molecule is COc1ccc(-c2nc3c4ccccc4ncn3c2N=O)cc1. The molecule has 0 fully saturated rings. The summed E-state index contributed by atoms with van der Waals surface area (Å²) in [4.78, 5) is 20.4. The lowest BCUT2D eigenvalue weighted by Gasteiger charge is -2.01. The molecule has 0 radical (unpaired) electrons. The van der Waals surface area contributed by atoms with Gasteiger partial charge in [-0.2, -0.15) is 0 Å². The number of fused-ring (bicyclic) bond motifs is 3. The van der Waals surface area contributed by atoms with Crippen LogP contribution in [-0.2, 0) is 0 Å². The van der Waals surface area contributed by atoms with E-state index in [9.17, 15) is 4.91 Å². The van der Waals surface area contributed by atoms with Gasteiger partial charge >= 0.3 is 0 Å². The second-order valence-electron chi connectivity index (χ2n) is 5.06. The molecule has 0 aliphatic rings. The zero-order chi connectivity index (χ0) is 15.8. The minimum absolute atomic E-state index is 0.239. The summed E-state index contributed by atoms with van der Waals surface area (Å²) in [6, 6.07) is 15.0. The molecule has 4 rings (SSSR count). The van der Waals surface area contributed by atoms with Crippen molar-refractivity contribution in [3.8, 4) is 17.0 Å². The number of rotatable bonds is 3. The van der Waals surface area contributed by atoms with Crippen molar-refractivity contribution in [2.75, 3.05) is 7.11 Å². The van der Waals surface area contributed by atoms with Crippen molar-refractivity contribution in [3.63, 3.8) is 0 Å². The van der Waals surface area contributed by atoms with E-state index in [1.54, 1.807) is 17.8 Å². The first-order valence-electron chi connectivity index (χ1n) is 7.05. The van der Waals surface area contributed by atoms with E-state index in [-0.39, 0.29) is 5.82 Å². The summed E-state index contributed by atoms with van der Waals surface area (Å²) in [5, 5.41) is 4.04. The van der Waals surface area contributed by atoms with E-state index >= 15 is 0 Å². The molecule has 4 aromatic rings. The third-order valence-electron chi connectivity index (χ3n) is 3.79. The predicted molar refractivity (Wildman–Crippen MR) is 87.9 cm³/mol. The number of aromatic nitrogens is 3. The van der Waals surface area contributed by atoms with Crippen molar-refractivity contribution < 1.29 is 4.74 Å². The molecule has 0 N–H and O–H groups in total. The summed E-state index contributed by atoms with van der Waals surface area (Å²) in [7, 11) is 1.61. The van der Waals surface area contributed by atoms with Crippen molar-refractivity contribution in [1.29, 1.82) is 0 Å². The van der Waals surface area contributed by atoms with Gasteiger partial charge in [0.05, 0.1) is 12.6 Å². The Kier molecular flexibility index (Phi) is 3.01. The Morgan fingerprint density at radius 3 is 2.61 bits per heavy atom. The zero-order valence-electron chi connectivity index (χ0n) is 12.3. The third kappa shape index (κ3) is 2.03. The zero-order valence-corrected chi connectivity index (χ0v) is 12.3. The minimum atomic E-state index is 0.239. The van der Waals surface area contributed by atoms with Crippen molar-refractivity contribution in [2.24, 2.45) is 5.18 Å². The number of nitrogens with zero attached hydrogens (tertiary/aromatic N) is 4. The molecule has 23 heavy (non-hydrogen) atoms. The van der Waals surface area contributed by atoms with Gasteiger partial charge in [-0.1, -0.05) is 12.1 Å². The Morgan fingerprint density at radius 2 is 1.87 bits per heavy atom. The second kappa shape index (κ2) is 5.17. The highest BCUT2D eigenvalue weighted by molar-refractivity contribution is 5.93. The highest BCUT2D eigenvalue weighted by atomic mass is 16.5. The fourth-order valence-electron chi connectivity index (χ4n) is 2.65. The molecule has 0 unspecified atom stereocenters. The van der Waals surface area contributed by atoms with E-state index in [4.69, 9.17) is 4.74 Å². The van der Waals surface area contributed by atoms with E-state index in [2.05, 4.69) is 15.1 Å². The fraction of sp³-hybridized carbons (Fsp3) is 0.0588. The molecular formula is C17H12N4O2. The topological polar surface area (TPSA) is 68.8 Å². The van der Waals surface area contributed by atoms with Gasteiger partial charge in [0, 0.05) is 10.9 Å². The van der Waals surface area contributed by atoms with Crippen LogP contribution in [0.1, 0.15) is 0 Å². The predicted octanol–water partition coefficient (Wildman–Crippen LogP) is 3.96. The van der Waals surface area contributed by atoms with Crippen molar-refractivity contribution in [3.05, 3.63) is 59.8 Å². The molecule has 0 saturated heterocycles. The number of methoxy groups -OCH3 is 1. The minimum Gasteiger partial charge on any atom is -0.497 e. The number of imidazole rings is 1. The number of ether oxygens (including phenoxy) is 1. The van der Waals surface area contributed by atoms with Gasteiger partial charge in [0.15, 0.2) is 0 Å². The summed E-state index contributed by atoms with van der Waals surface area (Å²) in [6.45, 7) is 0. The van der Waals surface area contributed by atoms with Crippen LogP contribution < -0.4 is 4.74 Å². The van der Waals surface area contributed by atoms with E-state index in [0.717, 1.165) is 22.2 Å². The number of para-hydroxylation sites is 1. The third-order valence-corrected chi connectivity index (χ3v) is 3.79. The molecule has 112 valence electrons. The highest BCUT2D eigenvalue weighted by Gasteiger charge is 2.17. The van der Waals surface area contributed by atoms with Gasteiger partial charge in [-0.3, -0.25) is 4.40 Å². The van der Waals surface area contributed by atoms with Crippen LogP contribution in [0.5, 0.6) is 5.75 Å². The molecule has 6 nitrogen and oxygen atoms in total. The molecule has 2 aromatic carbocycles. The molecule has 6 heteroatoms. The summed E-state index contributed by atoms with van der Waals surface area (Å²) in [6.07, 6.45) is 1.58. The van der Waals surface area contributed by atoms with E-state index in [1.807, 2.05) is 48.5 Å². The normalized spacial score (nSPS) is 11.0. The van der Waals surface area contributed by atoms with E-state index < -0.39 is 0 Å². The van der Waals surface area contributed by atoms with Gasteiger partial charge in [0.2, 0.25) is 5.82 Å². The van der Waals surface area contributed by atoms with Gasteiger partial charge < -0.3 is 4.74 Å². The summed E-state index contributed by atoms with van der Waals surface area (Å²) in [5.41, 5.74) is 2.81. The van der Waals surface area contributed by atoms with Crippen LogP contribution >= 0.6 is 0 Å². The summed E-state index contributed by atoms with van der Waals surface area (Å²) < 4.78 is 6.78. The first-order valence-corrected chi connectivity index (χ1v) is 7.05. The van der Waals surface area contributed by atoms with Crippen molar-refractivity contribution in [1.82, 2.24) is 14.4 Å². The van der Waals surface area contributed by atoms with Gasteiger partial charge in [-0.25, -0.2) is 9.97 Å². The lowest BCUT2D eigenvalue weighted by molar-refractivity contribution is 0.415.